The highest BCUT2D eigenvalue weighted by Gasteiger charge is 2.41. The fourth-order valence-corrected chi connectivity index (χ4v) is 2.93. The highest BCUT2D eigenvalue weighted by atomic mass is 16.5. The molecule has 0 radical (unpaired) electrons. The van der Waals surface area contributed by atoms with Crippen molar-refractivity contribution in [2.45, 2.75) is 39.0 Å². The number of benzene rings is 1. The van der Waals surface area contributed by atoms with E-state index in [1.807, 2.05) is 56.0 Å². The Morgan fingerprint density at radius 2 is 2.05 bits per heavy atom. The van der Waals surface area contributed by atoms with E-state index in [-0.39, 0.29) is 30.7 Å². The Morgan fingerprint density at radius 3 is 2.64 bits per heavy atom. The molecule has 0 unspecified atom stereocenters. The Balaban J connectivity index is 2.06. The predicted octanol–water partition coefficient (Wildman–Crippen LogP) is 2.16. The monoisotopic (exact) mass is 300 g/mol. The van der Waals surface area contributed by atoms with E-state index in [4.69, 9.17) is 4.74 Å². The van der Waals surface area contributed by atoms with Crippen LogP contribution >= 0.6 is 0 Å². The van der Waals surface area contributed by atoms with Crippen LogP contribution < -0.4 is 0 Å². The fourth-order valence-electron chi connectivity index (χ4n) is 2.93. The number of hydrogen-bond acceptors (Lipinski definition) is 4. The summed E-state index contributed by atoms with van der Waals surface area (Å²) in [5.41, 5.74) is 1.02. The smallest absolute Gasteiger partial charge is 0.249 e. The maximum Gasteiger partial charge on any atom is 0.249 e. The number of aryl methyl sites for hydroxylation is 1. The van der Waals surface area contributed by atoms with E-state index >= 15 is 0 Å². The number of nitrogens with one attached hydrogen (secondary N) is 1. The molecule has 0 spiro atoms. The summed E-state index contributed by atoms with van der Waals surface area (Å²) in [4.78, 5) is 18.6. The summed E-state index contributed by atoms with van der Waals surface area (Å²) in [6, 6.07) is 9.76. The zero-order valence-corrected chi connectivity index (χ0v) is 13.0. The summed E-state index contributed by atoms with van der Waals surface area (Å²) in [7, 11) is 0. The number of nitrogens with zero attached hydrogens (tertiary/aromatic N) is 3. The van der Waals surface area contributed by atoms with Gasteiger partial charge in [0.2, 0.25) is 5.91 Å². The predicted molar refractivity (Wildman–Crippen MR) is 81.0 cm³/mol. The molecule has 1 aliphatic rings. The van der Waals surface area contributed by atoms with Gasteiger partial charge in [-0.05, 0) is 26.3 Å². The third-order valence-corrected chi connectivity index (χ3v) is 3.83. The van der Waals surface area contributed by atoms with E-state index in [9.17, 15) is 4.79 Å². The first-order valence-corrected chi connectivity index (χ1v) is 7.44. The highest BCUT2D eigenvalue weighted by Crippen LogP contribution is 2.39. The van der Waals surface area contributed by atoms with E-state index in [0.29, 0.717) is 5.82 Å². The van der Waals surface area contributed by atoms with Gasteiger partial charge in [0, 0.05) is 6.04 Å². The number of carbonyl (C=O) groups is 1. The molecule has 1 fully saturated rings. The molecule has 22 heavy (non-hydrogen) atoms. The van der Waals surface area contributed by atoms with Crippen molar-refractivity contribution in [2.24, 2.45) is 0 Å². The van der Waals surface area contributed by atoms with E-state index < -0.39 is 0 Å². The second-order valence-corrected chi connectivity index (χ2v) is 5.76. The lowest BCUT2D eigenvalue weighted by molar-refractivity contribution is -0.162. The zero-order chi connectivity index (χ0) is 15.7. The molecule has 1 amide bonds. The second kappa shape index (κ2) is 5.88. The largest absolute Gasteiger partial charge is 0.358 e. The highest BCUT2D eigenvalue weighted by molar-refractivity contribution is 5.79. The number of hydrogen-bond donors (Lipinski definition) is 1. The molecule has 1 N–H and O–H groups in total. The molecule has 1 saturated heterocycles. The SMILES string of the molecule is Cc1nc([C@H]2OCC(=O)N(C(C)C)[C@@H]2c2ccccc2)n[nH]1. The summed E-state index contributed by atoms with van der Waals surface area (Å²) in [6.45, 7) is 5.93. The van der Waals surface area contributed by atoms with Crippen LogP contribution in [0, 0.1) is 6.92 Å². The molecule has 0 saturated carbocycles. The summed E-state index contributed by atoms with van der Waals surface area (Å²) in [5, 5.41) is 7.08. The Kier molecular flexibility index (Phi) is 3.94. The maximum atomic E-state index is 12.4. The number of ether oxygens (including phenoxy) is 1. The third kappa shape index (κ3) is 2.62. The summed E-state index contributed by atoms with van der Waals surface area (Å²) in [5.74, 6) is 1.32. The van der Waals surface area contributed by atoms with Crippen molar-refractivity contribution >= 4 is 5.91 Å². The van der Waals surface area contributed by atoms with Crippen LogP contribution in [0.4, 0.5) is 0 Å². The molecule has 2 atom stereocenters. The molecule has 2 aromatic rings. The lowest BCUT2D eigenvalue weighted by Gasteiger charge is -2.42. The number of aromatic amines is 1. The van der Waals surface area contributed by atoms with Crippen molar-refractivity contribution in [3.05, 3.63) is 47.5 Å². The minimum atomic E-state index is -0.368. The minimum absolute atomic E-state index is 0.00707. The standard InChI is InChI=1S/C16H20N4O2/c1-10(2)20-13(21)9-22-15(16-17-11(3)18-19-16)14(20)12-7-5-4-6-8-12/h4-8,10,14-15H,9H2,1-3H3,(H,17,18,19)/t14-,15+/m1/s1. The van der Waals surface area contributed by atoms with Crippen molar-refractivity contribution in [1.29, 1.82) is 0 Å². The van der Waals surface area contributed by atoms with Crippen LogP contribution in [-0.4, -0.2) is 38.6 Å². The molecule has 1 aromatic heterocycles. The Morgan fingerprint density at radius 1 is 1.32 bits per heavy atom. The Bertz CT molecular complexity index is 653. The topological polar surface area (TPSA) is 71.1 Å². The van der Waals surface area contributed by atoms with E-state index in [2.05, 4.69) is 15.2 Å². The van der Waals surface area contributed by atoms with Gasteiger partial charge in [0.15, 0.2) is 5.82 Å². The van der Waals surface area contributed by atoms with E-state index in [1.165, 1.54) is 0 Å². The normalized spacial score (nSPS) is 22.4. The lowest BCUT2D eigenvalue weighted by Crippen LogP contribution is -2.49. The van der Waals surface area contributed by atoms with Gasteiger partial charge in [-0.15, -0.1) is 0 Å². The number of amides is 1. The Labute approximate surface area is 129 Å². The fraction of sp³-hybridized carbons (Fsp3) is 0.438. The molecular weight excluding hydrogens is 280 g/mol. The van der Waals surface area contributed by atoms with Crippen molar-refractivity contribution in [3.8, 4) is 0 Å². The van der Waals surface area contributed by atoms with Gasteiger partial charge >= 0.3 is 0 Å². The summed E-state index contributed by atoms with van der Waals surface area (Å²) >= 11 is 0. The molecule has 0 aliphatic carbocycles. The van der Waals surface area contributed by atoms with Crippen LogP contribution in [0.3, 0.4) is 0 Å². The van der Waals surface area contributed by atoms with Gasteiger partial charge in [-0.25, -0.2) is 4.98 Å². The maximum absolute atomic E-state index is 12.4. The van der Waals surface area contributed by atoms with Crippen LogP contribution in [0.1, 0.15) is 43.2 Å². The molecule has 6 heteroatoms. The van der Waals surface area contributed by atoms with Crippen molar-refractivity contribution < 1.29 is 9.53 Å². The zero-order valence-electron chi connectivity index (χ0n) is 13.0. The number of morpholine rings is 1. The number of carbonyl (C=O) groups excluding carboxylic acids is 1. The third-order valence-electron chi connectivity index (χ3n) is 3.83. The molecular formula is C16H20N4O2. The number of H-pyrrole nitrogens is 1. The van der Waals surface area contributed by atoms with Crippen LogP contribution in [0.2, 0.25) is 0 Å². The summed E-state index contributed by atoms with van der Waals surface area (Å²) in [6.07, 6.45) is -0.368. The first-order valence-electron chi connectivity index (χ1n) is 7.44. The molecule has 1 aromatic carbocycles. The van der Waals surface area contributed by atoms with Gasteiger partial charge in [0.25, 0.3) is 0 Å². The van der Waals surface area contributed by atoms with E-state index in [0.717, 1.165) is 11.4 Å². The average molecular weight is 300 g/mol. The van der Waals surface area contributed by atoms with Crippen LogP contribution in [0.5, 0.6) is 0 Å². The quantitative estimate of drug-likeness (QED) is 0.943. The van der Waals surface area contributed by atoms with Gasteiger partial charge in [-0.3, -0.25) is 9.89 Å². The molecule has 1 aliphatic heterocycles. The van der Waals surface area contributed by atoms with Crippen molar-refractivity contribution in [2.75, 3.05) is 6.61 Å². The number of rotatable bonds is 3. The molecule has 6 nitrogen and oxygen atoms in total. The van der Waals surface area contributed by atoms with Gasteiger partial charge in [-0.2, -0.15) is 5.10 Å². The van der Waals surface area contributed by atoms with Crippen LogP contribution in [0.25, 0.3) is 0 Å². The van der Waals surface area contributed by atoms with Crippen molar-refractivity contribution in [1.82, 2.24) is 20.1 Å². The molecule has 2 heterocycles. The average Bonchev–Trinajstić information content (AvgIpc) is 2.93. The van der Waals surface area contributed by atoms with Gasteiger partial charge < -0.3 is 9.64 Å². The van der Waals surface area contributed by atoms with Crippen molar-refractivity contribution in [3.63, 3.8) is 0 Å². The Hall–Kier alpha value is -2.21. The molecule has 3 rings (SSSR count). The van der Waals surface area contributed by atoms with Crippen LogP contribution in [-0.2, 0) is 9.53 Å². The second-order valence-electron chi connectivity index (χ2n) is 5.76. The first-order chi connectivity index (χ1) is 10.6. The van der Waals surface area contributed by atoms with Gasteiger partial charge in [-0.1, -0.05) is 30.3 Å². The number of aromatic nitrogens is 3. The van der Waals surface area contributed by atoms with Gasteiger partial charge in [0.1, 0.15) is 18.5 Å². The first kappa shape index (κ1) is 14.7. The minimum Gasteiger partial charge on any atom is -0.358 e. The summed E-state index contributed by atoms with van der Waals surface area (Å²) < 4.78 is 5.80. The lowest BCUT2D eigenvalue weighted by atomic mass is 9.96. The van der Waals surface area contributed by atoms with Gasteiger partial charge in [0.05, 0.1) is 6.04 Å². The van der Waals surface area contributed by atoms with E-state index in [1.54, 1.807) is 0 Å². The molecule has 116 valence electrons. The van der Waals surface area contributed by atoms with Crippen LogP contribution in [0.15, 0.2) is 30.3 Å². The molecule has 0 bridgehead atoms.